The Morgan fingerprint density at radius 2 is 1.85 bits per heavy atom. The molecule has 2 aromatic rings. The van der Waals surface area contributed by atoms with E-state index in [1.807, 2.05) is 26.0 Å². The summed E-state index contributed by atoms with van der Waals surface area (Å²) < 4.78 is 24.6. The Labute approximate surface area is 234 Å². The van der Waals surface area contributed by atoms with Gasteiger partial charge in [-0.05, 0) is 77.5 Å². The highest BCUT2D eigenvalue weighted by Crippen LogP contribution is 2.72. The zero-order valence-corrected chi connectivity index (χ0v) is 24.3. The summed E-state index contributed by atoms with van der Waals surface area (Å²) in [4.78, 5) is 30.3. The molecule has 2 bridgehead atoms. The number of ketones is 1. The number of ether oxygens (including phenoxy) is 4. The van der Waals surface area contributed by atoms with Gasteiger partial charge in [0.2, 0.25) is 0 Å². The minimum atomic E-state index is -1.76. The number of fused-ring (bicyclic) bond motifs is 9. The number of carbonyl (C=O) groups is 2. The van der Waals surface area contributed by atoms with E-state index in [2.05, 4.69) is 31.0 Å². The molecule has 7 atom stereocenters. The summed E-state index contributed by atoms with van der Waals surface area (Å²) in [5.74, 6) is -1.43. The number of hydrogen-bond acceptors (Lipinski definition) is 7. The van der Waals surface area contributed by atoms with Gasteiger partial charge in [-0.25, -0.2) is 4.79 Å². The third-order valence-electron chi connectivity index (χ3n) is 10.9. The van der Waals surface area contributed by atoms with Crippen molar-refractivity contribution >= 4 is 22.8 Å². The Morgan fingerprint density at radius 3 is 2.58 bits per heavy atom. The number of aliphatic hydroxyl groups is 1. The van der Waals surface area contributed by atoms with Crippen molar-refractivity contribution in [3.63, 3.8) is 0 Å². The number of hydrogen-bond donors (Lipinski definition) is 2. The molecule has 214 valence electrons. The molecule has 1 aromatic carbocycles. The topological polar surface area (TPSA) is 107 Å². The van der Waals surface area contributed by atoms with Crippen molar-refractivity contribution < 1.29 is 33.6 Å². The van der Waals surface area contributed by atoms with Gasteiger partial charge in [0.05, 0.1) is 0 Å². The molecule has 2 aliphatic heterocycles. The van der Waals surface area contributed by atoms with Crippen LogP contribution in [0.1, 0.15) is 79.0 Å². The van der Waals surface area contributed by atoms with Gasteiger partial charge in [0, 0.05) is 39.4 Å². The predicted octanol–water partition coefficient (Wildman–Crippen LogP) is 5.25. The standard InChI is InChI=1S/C32H39NO7/c1-27(2,3)39-26(35)37-23-15-17-14-19-18-10-8-9-11-20(18)33-24(19)30(17,7)29(6)12-13-31-22(32(23,29)36)16-21(34)25(38-31)28(4,5)40-31/h8-11,16-17,23,25,33,36H,12-15H2,1-7H3/t17-,23+,25?,29-,30-,31+,32+/m1/s1. The van der Waals surface area contributed by atoms with Gasteiger partial charge in [0.1, 0.15) is 22.9 Å². The normalized spacial score (nSPS) is 41.0. The molecule has 5 aliphatic rings. The van der Waals surface area contributed by atoms with E-state index < -0.39 is 51.8 Å². The van der Waals surface area contributed by atoms with Crippen LogP contribution >= 0.6 is 0 Å². The lowest BCUT2D eigenvalue weighted by molar-refractivity contribution is -0.275. The molecule has 1 saturated heterocycles. The first kappa shape index (κ1) is 26.2. The zero-order valence-electron chi connectivity index (χ0n) is 24.3. The second-order valence-corrected chi connectivity index (χ2v) is 14.4. The van der Waals surface area contributed by atoms with Gasteiger partial charge in [0.25, 0.3) is 0 Å². The van der Waals surface area contributed by atoms with E-state index >= 15 is 0 Å². The van der Waals surface area contributed by atoms with Gasteiger partial charge in [-0.2, -0.15) is 0 Å². The summed E-state index contributed by atoms with van der Waals surface area (Å²) in [6.45, 7) is 13.3. The van der Waals surface area contributed by atoms with E-state index in [1.165, 1.54) is 17.0 Å². The molecule has 0 amide bonds. The molecule has 2 saturated carbocycles. The Balaban J connectivity index is 1.42. The minimum absolute atomic E-state index is 0.0830. The van der Waals surface area contributed by atoms with E-state index in [-0.39, 0.29) is 11.7 Å². The molecular weight excluding hydrogens is 510 g/mol. The minimum Gasteiger partial charge on any atom is -0.429 e. The van der Waals surface area contributed by atoms with Gasteiger partial charge in [-0.1, -0.05) is 32.0 Å². The average Bonchev–Trinajstić information content (AvgIpc) is 3.43. The van der Waals surface area contributed by atoms with Crippen molar-refractivity contribution in [3.05, 3.63) is 47.2 Å². The van der Waals surface area contributed by atoms with E-state index in [0.717, 1.165) is 17.6 Å². The quantitative estimate of drug-likeness (QED) is 0.468. The van der Waals surface area contributed by atoms with Gasteiger partial charge >= 0.3 is 6.16 Å². The Bertz CT molecular complexity index is 1500. The third-order valence-corrected chi connectivity index (χ3v) is 10.9. The van der Waals surface area contributed by atoms with Gasteiger partial charge in [-0.3, -0.25) is 4.79 Å². The number of H-pyrrole nitrogens is 1. The van der Waals surface area contributed by atoms with Crippen LogP contribution in [-0.2, 0) is 35.6 Å². The summed E-state index contributed by atoms with van der Waals surface area (Å²) in [5, 5.41) is 14.4. The monoisotopic (exact) mass is 549 g/mol. The number of rotatable bonds is 1. The molecule has 1 aromatic heterocycles. The van der Waals surface area contributed by atoms with Crippen LogP contribution in [0.25, 0.3) is 10.9 Å². The molecule has 8 heteroatoms. The third kappa shape index (κ3) is 3.02. The highest BCUT2D eigenvalue weighted by molar-refractivity contribution is 5.97. The Kier molecular flexibility index (Phi) is 4.97. The van der Waals surface area contributed by atoms with Crippen molar-refractivity contribution in [2.24, 2.45) is 11.3 Å². The molecule has 1 spiro atoms. The zero-order chi connectivity index (χ0) is 28.7. The fourth-order valence-electron chi connectivity index (χ4n) is 8.92. The Morgan fingerprint density at radius 1 is 1.12 bits per heavy atom. The van der Waals surface area contributed by atoms with Gasteiger partial charge < -0.3 is 29.0 Å². The molecule has 7 rings (SSSR count). The van der Waals surface area contributed by atoms with Crippen molar-refractivity contribution in [1.29, 1.82) is 0 Å². The molecule has 2 N–H and O–H groups in total. The molecule has 0 radical (unpaired) electrons. The van der Waals surface area contributed by atoms with E-state index in [0.29, 0.717) is 24.8 Å². The second-order valence-electron chi connectivity index (χ2n) is 14.4. The van der Waals surface area contributed by atoms with Crippen LogP contribution in [0.2, 0.25) is 0 Å². The SMILES string of the molecule is CC(C)(C)OC(=O)O[C@H]1C[C@H]2Cc3c([nH]c4ccccc34)[C@]2(C)[C@@]2(C)CC[C@@]34OC(C(=O)C=C3[C@]12O)C(C)(C)O4. The summed E-state index contributed by atoms with van der Waals surface area (Å²) in [6, 6.07) is 8.28. The lowest BCUT2D eigenvalue weighted by atomic mass is 9.41. The highest BCUT2D eigenvalue weighted by atomic mass is 16.8. The molecule has 8 nitrogen and oxygen atoms in total. The smallest absolute Gasteiger partial charge is 0.429 e. The lowest BCUT2D eigenvalue weighted by Gasteiger charge is -2.67. The van der Waals surface area contributed by atoms with Crippen LogP contribution in [0.5, 0.6) is 0 Å². The summed E-state index contributed by atoms with van der Waals surface area (Å²) in [7, 11) is 0. The van der Waals surface area contributed by atoms with Gasteiger partial charge in [0.15, 0.2) is 17.7 Å². The first-order chi connectivity index (χ1) is 18.6. The lowest BCUT2D eigenvalue weighted by Crippen LogP contribution is -2.75. The summed E-state index contributed by atoms with van der Waals surface area (Å²) in [6.07, 6.45) is 1.16. The van der Waals surface area contributed by atoms with Crippen LogP contribution in [-0.4, -0.2) is 56.8 Å². The number of para-hydroxylation sites is 1. The van der Waals surface area contributed by atoms with Crippen LogP contribution in [0.15, 0.2) is 35.9 Å². The second kappa shape index (κ2) is 7.58. The maximum Gasteiger partial charge on any atom is 0.509 e. The highest BCUT2D eigenvalue weighted by Gasteiger charge is 2.78. The number of nitrogens with one attached hydrogen (secondary N) is 1. The number of carbonyl (C=O) groups excluding carboxylic acids is 2. The van der Waals surface area contributed by atoms with Crippen molar-refractivity contribution in [2.75, 3.05) is 0 Å². The number of aromatic amines is 1. The predicted molar refractivity (Wildman–Crippen MR) is 147 cm³/mol. The van der Waals surface area contributed by atoms with Crippen LogP contribution < -0.4 is 0 Å². The van der Waals surface area contributed by atoms with Crippen LogP contribution in [0.4, 0.5) is 4.79 Å². The Hall–Kier alpha value is -2.68. The fraction of sp³-hybridized carbons (Fsp3) is 0.625. The van der Waals surface area contributed by atoms with E-state index in [1.54, 1.807) is 20.8 Å². The maximum atomic E-state index is 13.4. The number of aromatic nitrogens is 1. The van der Waals surface area contributed by atoms with Crippen molar-refractivity contribution in [3.8, 4) is 0 Å². The first-order valence-electron chi connectivity index (χ1n) is 14.4. The summed E-state index contributed by atoms with van der Waals surface area (Å²) >= 11 is 0. The largest absolute Gasteiger partial charge is 0.509 e. The van der Waals surface area contributed by atoms with Crippen LogP contribution in [0.3, 0.4) is 0 Å². The fourth-order valence-corrected chi connectivity index (χ4v) is 8.92. The van der Waals surface area contributed by atoms with Gasteiger partial charge in [-0.15, -0.1) is 0 Å². The molecule has 3 aliphatic carbocycles. The molecule has 1 unspecified atom stereocenters. The van der Waals surface area contributed by atoms with Crippen molar-refractivity contribution in [1.82, 2.24) is 4.98 Å². The van der Waals surface area contributed by atoms with Crippen molar-refractivity contribution in [2.45, 2.75) is 114 Å². The summed E-state index contributed by atoms with van der Waals surface area (Å²) in [5.41, 5.74) is -0.956. The molecule has 3 fully saturated rings. The average molecular weight is 550 g/mol. The van der Waals surface area contributed by atoms with E-state index in [9.17, 15) is 14.7 Å². The molecule has 3 heterocycles. The molecule has 40 heavy (non-hydrogen) atoms. The maximum absolute atomic E-state index is 13.4. The van der Waals surface area contributed by atoms with Crippen LogP contribution in [0, 0.1) is 11.3 Å². The number of benzene rings is 1. The molecular formula is C32H39NO7. The first-order valence-corrected chi connectivity index (χ1v) is 14.4. The van der Waals surface area contributed by atoms with E-state index in [4.69, 9.17) is 18.9 Å².